The predicted octanol–water partition coefficient (Wildman–Crippen LogP) is 5.35. The third-order valence-electron chi connectivity index (χ3n) is 6.11. The number of esters is 2. The van der Waals surface area contributed by atoms with Crippen LogP contribution < -0.4 is 0 Å². The number of hydrogen-bond acceptors (Lipinski definition) is 6. The zero-order valence-electron chi connectivity index (χ0n) is 22.6. The van der Waals surface area contributed by atoms with E-state index in [9.17, 15) is 24.6 Å². The topological polar surface area (TPSA) is 110 Å². The van der Waals surface area contributed by atoms with E-state index in [1.165, 1.54) is 6.92 Å². The molecule has 4 unspecified atom stereocenters. The lowest BCUT2D eigenvalue weighted by Crippen LogP contribution is -2.42. The zero-order chi connectivity index (χ0) is 27.0. The number of ether oxygens (including phenoxy) is 2. The Labute approximate surface area is 210 Å². The number of benzene rings is 1. The van der Waals surface area contributed by atoms with E-state index in [0.717, 1.165) is 5.56 Å². The van der Waals surface area contributed by atoms with Crippen LogP contribution in [0.15, 0.2) is 30.3 Å². The highest BCUT2D eigenvalue weighted by Crippen LogP contribution is 2.45. The first-order chi connectivity index (χ1) is 16.0. The van der Waals surface area contributed by atoms with E-state index in [2.05, 4.69) is 0 Å². The Balaban J connectivity index is 3.41. The van der Waals surface area contributed by atoms with Crippen LogP contribution in [0.2, 0.25) is 0 Å². The summed E-state index contributed by atoms with van der Waals surface area (Å²) in [5.41, 5.74) is -1.90. The van der Waals surface area contributed by atoms with Gasteiger partial charge in [0.05, 0.1) is 22.9 Å². The Kier molecular flexibility index (Phi) is 11.0. The molecule has 0 aromatic heterocycles. The van der Waals surface area contributed by atoms with Crippen molar-refractivity contribution in [2.24, 2.45) is 16.7 Å². The van der Waals surface area contributed by atoms with Gasteiger partial charge >= 0.3 is 17.9 Å². The van der Waals surface area contributed by atoms with Crippen molar-refractivity contribution in [1.82, 2.24) is 0 Å². The van der Waals surface area contributed by atoms with Gasteiger partial charge in [-0.15, -0.1) is 0 Å². The van der Waals surface area contributed by atoms with Gasteiger partial charge in [0.1, 0.15) is 12.2 Å². The van der Waals surface area contributed by atoms with E-state index >= 15 is 0 Å². The number of aliphatic carboxylic acids is 1. The molecule has 0 radical (unpaired) electrons. The second-order valence-corrected chi connectivity index (χ2v) is 11.6. The van der Waals surface area contributed by atoms with Gasteiger partial charge in [0, 0.05) is 0 Å². The molecule has 1 rings (SSSR count). The van der Waals surface area contributed by atoms with Crippen LogP contribution >= 0.6 is 0 Å². The molecule has 1 aromatic rings. The lowest BCUT2D eigenvalue weighted by atomic mass is 9.67. The van der Waals surface area contributed by atoms with Gasteiger partial charge in [-0.2, -0.15) is 0 Å². The van der Waals surface area contributed by atoms with Gasteiger partial charge in [-0.05, 0) is 85.6 Å². The van der Waals surface area contributed by atoms with Gasteiger partial charge < -0.3 is 19.7 Å². The summed E-state index contributed by atoms with van der Waals surface area (Å²) in [7, 11) is 0. The maximum Gasteiger partial charge on any atom is 0.312 e. The molecule has 0 heterocycles. The molecular weight excluding hydrogens is 448 g/mol. The Morgan fingerprint density at radius 1 is 0.971 bits per heavy atom. The number of rotatable bonds is 13. The first kappa shape index (κ1) is 30.6. The van der Waals surface area contributed by atoms with Crippen molar-refractivity contribution < 1.29 is 34.1 Å². The minimum Gasteiger partial charge on any atom is -0.481 e. The van der Waals surface area contributed by atoms with Crippen molar-refractivity contribution >= 4 is 17.9 Å². The summed E-state index contributed by atoms with van der Waals surface area (Å²) >= 11 is 0. The molecule has 0 saturated carbocycles. The molecule has 0 aliphatic rings. The van der Waals surface area contributed by atoms with Crippen molar-refractivity contribution in [3.8, 4) is 0 Å². The maximum absolute atomic E-state index is 13.4. The number of carbonyl (C=O) groups excluding carboxylic acids is 2. The molecule has 0 saturated heterocycles. The average Bonchev–Trinajstić information content (AvgIpc) is 2.73. The third kappa shape index (κ3) is 10.0. The highest BCUT2D eigenvalue weighted by Gasteiger charge is 2.46. The van der Waals surface area contributed by atoms with Crippen molar-refractivity contribution in [3.63, 3.8) is 0 Å². The lowest BCUT2D eigenvalue weighted by Gasteiger charge is -2.38. The summed E-state index contributed by atoms with van der Waals surface area (Å²) in [4.78, 5) is 38.3. The van der Waals surface area contributed by atoms with Crippen LogP contribution in [0.1, 0.15) is 92.6 Å². The lowest BCUT2D eigenvalue weighted by molar-refractivity contribution is -0.171. The summed E-state index contributed by atoms with van der Waals surface area (Å²) in [5.74, 6) is -2.65. The smallest absolute Gasteiger partial charge is 0.312 e. The molecule has 35 heavy (non-hydrogen) atoms. The van der Waals surface area contributed by atoms with E-state index in [1.807, 2.05) is 37.3 Å². The molecule has 0 amide bonds. The first-order valence-electron chi connectivity index (χ1n) is 12.4. The fourth-order valence-electron chi connectivity index (χ4n) is 4.45. The summed E-state index contributed by atoms with van der Waals surface area (Å²) in [5, 5.41) is 19.4. The molecule has 0 aliphatic heterocycles. The van der Waals surface area contributed by atoms with Gasteiger partial charge in [0.15, 0.2) is 0 Å². The highest BCUT2D eigenvalue weighted by atomic mass is 16.6. The average molecular weight is 493 g/mol. The van der Waals surface area contributed by atoms with Gasteiger partial charge in [0.2, 0.25) is 0 Å². The number of carboxylic acid groups (broad SMARTS) is 1. The SMILES string of the molecule is CCC(CC(CC(C)(CC(C)(C)C(=O)OC(C)(C)C)C(=O)OCC(C)O)c1ccccc1)C(=O)O. The summed E-state index contributed by atoms with van der Waals surface area (Å²) in [6.45, 7) is 13.8. The minimum absolute atomic E-state index is 0.140. The largest absolute Gasteiger partial charge is 0.481 e. The fraction of sp³-hybridized carbons (Fsp3) is 0.679. The van der Waals surface area contributed by atoms with Crippen LogP contribution in [-0.4, -0.2) is 46.4 Å². The Morgan fingerprint density at radius 3 is 2.00 bits per heavy atom. The normalized spacial score (nSPS) is 16.5. The minimum atomic E-state index is -1.13. The molecule has 1 aromatic carbocycles. The summed E-state index contributed by atoms with van der Waals surface area (Å²) in [6.07, 6.45) is 0.406. The molecule has 4 atom stereocenters. The highest BCUT2D eigenvalue weighted by molar-refractivity contribution is 5.80. The number of carbonyl (C=O) groups is 3. The summed E-state index contributed by atoms with van der Waals surface area (Å²) < 4.78 is 11.1. The third-order valence-corrected chi connectivity index (χ3v) is 6.11. The second kappa shape index (κ2) is 12.5. The van der Waals surface area contributed by atoms with Gasteiger partial charge in [-0.1, -0.05) is 37.3 Å². The van der Waals surface area contributed by atoms with Crippen LogP contribution in [0.4, 0.5) is 0 Å². The van der Waals surface area contributed by atoms with E-state index in [-0.39, 0.29) is 25.4 Å². The van der Waals surface area contributed by atoms with Crippen LogP contribution in [0.5, 0.6) is 0 Å². The molecule has 198 valence electrons. The molecule has 7 heteroatoms. The maximum atomic E-state index is 13.4. The number of carboxylic acids is 1. The molecule has 7 nitrogen and oxygen atoms in total. The zero-order valence-corrected chi connectivity index (χ0v) is 22.6. The fourth-order valence-corrected chi connectivity index (χ4v) is 4.45. The Hall–Kier alpha value is -2.41. The number of hydrogen-bond donors (Lipinski definition) is 2. The van der Waals surface area contributed by atoms with Gasteiger partial charge in [-0.25, -0.2) is 0 Å². The van der Waals surface area contributed by atoms with E-state index in [0.29, 0.717) is 12.8 Å². The molecule has 0 spiro atoms. The van der Waals surface area contributed by atoms with Crippen molar-refractivity contribution in [3.05, 3.63) is 35.9 Å². The Morgan fingerprint density at radius 2 is 1.54 bits per heavy atom. The second-order valence-electron chi connectivity index (χ2n) is 11.6. The number of aliphatic hydroxyl groups is 1. The first-order valence-corrected chi connectivity index (χ1v) is 12.4. The summed E-state index contributed by atoms with van der Waals surface area (Å²) in [6, 6.07) is 9.52. The van der Waals surface area contributed by atoms with Crippen LogP contribution in [0, 0.1) is 16.7 Å². The van der Waals surface area contributed by atoms with Crippen LogP contribution in [-0.2, 0) is 23.9 Å². The van der Waals surface area contributed by atoms with E-state index in [1.54, 1.807) is 41.5 Å². The van der Waals surface area contributed by atoms with E-state index in [4.69, 9.17) is 9.47 Å². The monoisotopic (exact) mass is 492 g/mol. The predicted molar refractivity (Wildman–Crippen MR) is 135 cm³/mol. The van der Waals surface area contributed by atoms with E-state index < -0.39 is 46.4 Å². The molecule has 0 bridgehead atoms. The van der Waals surface area contributed by atoms with Crippen molar-refractivity contribution in [2.45, 2.75) is 98.7 Å². The molecule has 0 aliphatic carbocycles. The van der Waals surface area contributed by atoms with Gasteiger partial charge in [0.25, 0.3) is 0 Å². The molecular formula is C28H44O7. The van der Waals surface area contributed by atoms with Crippen LogP contribution in [0.25, 0.3) is 0 Å². The Bertz CT molecular complexity index is 839. The van der Waals surface area contributed by atoms with Gasteiger partial charge in [-0.3, -0.25) is 14.4 Å². The quantitative estimate of drug-likeness (QED) is 0.357. The van der Waals surface area contributed by atoms with Crippen LogP contribution in [0.3, 0.4) is 0 Å². The molecule has 0 fully saturated rings. The van der Waals surface area contributed by atoms with Crippen molar-refractivity contribution in [2.75, 3.05) is 6.61 Å². The van der Waals surface area contributed by atoms with Crippen molar-refractivity contribution in [1.29, 1.82) is 0 Å². The number of aliphatic hydroxyl groups excluding tert-OH is 1. The standard InChI is InChI=1S/C28H44O7/c1-9-20(23(30)31)15-22(21-13-11-10-12-14-21)16-28(8,25(33)34-17-19(2)29)18-27(6,7)24(32)35-26(3,4)5/h10-14,19-20,22,29H,9,15-18H2,1-8H3,(H,30,31). The molecule has 2 N–H and O–H groups in total.